The van der Waals surface area contributed by atoms with E-state index in [1.807, 2.05) is 23.1 Å². The second kappa shape index (κ2) is 5.61. The maximum atomic E-state index is 12.6. The third kappa shape index (κ3) is 2.73. The Bertz CT molecular complexity index is 670. The molecule has 2 N–H and O–H groups in total. The van der Waals surface area contributed by atoms with E-state index in [-0.39, 0.29) is 12.0 Å². The van der Waals surface area contributed by atoms with E-state index in [0.717, 1.165) is 23.2 Å². The standard InChI is InChI=1S/C15H19N3O2S/c1-9-5-6-18(8-12(9)20-2)14(19)10-3-4-11-13(7-10)21-15(16)17-11/h3-4,7,9,12H,5-6,8H2,1-2H3,(H2,16,17). The van der Waals surface area contributed by atoms with Crippen molar-refractivity contribution in [3.8, 4) is 0 Å². The SMILES string of the molecule is COC1CN(C(=O)c2ccc3nc(N)sc3c2)CCC1C. The summed E-state index contributed by atoms with van der Waals surface area (Å²) in [5.41, 5.74) is 7.24. The Balaban J connectivity index is 1.82. The van der Waals surface area contributed by atoms with Gasteiger partial charge in [0, 0.05) is 25.8 Å². The maximum absolute atomic E-state index is 12.6. The number of rotatable bonds is 2. The van der Waals surface area contributed by atoms with E-state index >= 15 is 0 Å². The Labute approximate surface area is 127 Å². The molecule has 0 radical (unpaired) electrons. The van der Waals surface area contributed by atoms with Crippen molar-refractivity contribution in [1.29, 1.82) is 0 Å². The normalized spacial score (nSPS) is 22.7. The van der Waals surface area contributed by atoms with Gasteiger partial charge in [0.2, 0.25) is 0 Å². The lowest BCUT2D eigenvalue weighted by Crippen LogP contribution is -2.46. The molecule has 2 atom stereocenters. The zero-order chi connectivity index (χ0) is 15.0. The molecule has 112 valence electrons. The van der Waals surface area contributed by atoms with Crippen LogP contribution in [0.1, 0.15) is 23.7 Å². The maximum Gasteiger partial charge on any atom is 0.253 e. The van der Waals surface area contributed by atoms with Crippen molar-refractivity contribution in [2.24, 2.45) is 5.92 Å². The zero-order valence-electron chi connectivity index (χ0n) is 12.2. The molecule has 1 aromatic heterocycles. The number of hydrogen-bond acceptors (Lipinski definition) is 5. The van der Waals surface area contributed by atoms with E-state index in [2.05, 4.69) is 11.9 Å². The van der Waals surface area contributed by atoms with E-state index in [0.29, 0.717) is 23.2 Å². The third-order valence-electron chi connectivity index (χ3n) is 4.13. The number of nitrogens with zero attached hydrogens (tertiary/aromatic N) is 2. The van der Waals surface area contributed by atoms with Crippen LogP contribution in [-0.4, -0.2) is 42.1 Å². The van der Waals surface area contributed by atoms with Gasteiger partial charge in [-0.25, -0.2) is 4.98 Å². The minimum absolute atomic E-state index is 0.0535. The van der Waals surface area contributed by atoms with Crippen LogP contribution in [0.2, 0.25) is 0 Å². The Morgan fingerprint density at radius 3 is 3.10 bits per heavy atom. The van der Waals surface area contributed by atoms with Gasteiger partial charge in [-0.1, -0.05) is 18.3 Å². The number of amides is 1. The molecule has 2 aromatic rings. The van der Waals surface area contributed by atoms with Gasteiger partial charge in [-0.3, -0.25) is 4.79 Å². The van der Waals surface area contributed by atoms with Crippen LogP contribution in [0.25, 0.3) is 10.2 Å². The van der Waals surface area contributed by atoms with E-state index in [9.17, 15) is 4.79 Å². The number of benzene rings is 1. The summed E-state index contributed by atoms with van der Waals surface area (Å²) in [5, 5.41) is 0.529. The molecule has 1 fully saturated rings. The number of methoxy groups -OCH3 is 1. The number of piperidine rings is 1. The number of aromatic nitrogens is 1. The lowest BCUT2D eigenvalue weighted by atomic mass is 9.95. The molecule has 1 saturated heterocycles. The fourth-order valence-corrected chi connectivity index (χ4v) is 3.56. The number of likely N-dealkylation sites (tertiary alicyclic amines) is 1. The number of carbonyl (C=O) groups excluding carboxylic acids is 1. The van der Waals surface area contributed by atoms with Gasteiger partial charge in [0.15, 0.2) is 5.13 Å². The average Bonchev–Trinajstić information content (AvgIpc) is 2.86. The molecule has 1 amide bonds. The highest BCUT2D eigenvalue weighted by molar-refractivity contribution is 7.22. The molecule has 0 bridgehead atoms. The Kier molecular flexibility index (Phi) is 3.82. The van der Waals surface area contributed by atoms with Crippen molar-refractivity contribution < 1.29 is 9.53 Å². The number of anilines is 1. The summed E-state index contributed by atoms with van der Waals surface area (Å²) in [6.07, 6.45) is 1.09. The molecule has 21 heavy (non-hydrogen) atoms. The molecule has 1 aliphatic heterocycles. The molecular weight excluding hydrogens is 286 g/mol. The lowest BCUT2D eigenvalue weighted by molar-refractivity contribution is -0.00155. The summed E-state index contributed by atoms with van der Waals surface area (Å²) in [4.78, 5) is 18.7. The predicted octanol–water partition coefficient (Wildman–Crippen LogP) is 2.38. The van der Waals surface area contributed by atoms with Gasteiger partial charge in [-0.05, 0) is 30.5 Å². The average molecular weight is 305 g/mol. The largest absolute Gasteiger partial charge is 0.379 e. The topological polar surface area (TPSA) is 68.5 Å². The van der Waals surface area contributed by atoms with Crippen molar-refractivity contribution in [3.63, 3.8) is 0 Å². The van der Waals surface area contributed by atoms with Crippen LogP contribution in [0.5, 0.6) is 0 Å². The molecule has 5 nitrogen and oxygen atoms in total. The van der Waals surface area contributed by atoms with Crippen molar-refractivity contribution >= 4 is 32.6 Å². The highest BCUT2D eigenvalue weighted by Gasteiger charge is 2.29. The van der Waals surface area contributed by atoms with Crippen LogP contribution in [0, 0.1) is 5.92 Å². The number of hydrogen-bond donors (Lipinski definition) is 1. The summed E-state index contributed by atoms with van der Waals surface area (Å²) in [7, 11) is 1.71. The molecule has 6 heteroatoms. The molecule has 2 heterocycles. The number of nitrogens with two attached hydrogens (primary N) is 1. The third-order valence-corrected chi connectivity index (χ3v) is 4.98. The number of carbonyl (C=O) groups is 1. The van der Waals surface area contributed by atoms with E-state index < -0.39 is 0 Å². The minimum Gasteiger partial charge on any atom is -0.379 e. The molecule has 0 spiro atoms. The van der Waals surface area contributed by atoms with Crippen molar-refractivity contribution in [3.05, 3.63) is 23.8 Å². The molecule has 2 unspecified atom stereocenters. The fraction of sp³-hybridized carbons (Fsp3) is 0.467. The quantitative estimate of drug-likeness (QED) is 0.925. The Hall–Kier alpha value is -1.66. The van der Waals surface area contributed by atoms with Crippen LogP contribution in [-0.2, 0) is 4.74 Å². The second-order valence-electron chi connectivity index (χ2n) is 5.53. The van der Waals surface area contributed by atoms with Crippen LogP contribution in [0.15, 0.2) is 18.2 Å². The van der Waals surface area contributed by atoms with Gasteiger partial charge < -0.3 is 15.4 Å². The van der Waals surface area contributed by atoms with Gasteiger partial charge in [-0.2, -0.15) is 0 Å². The number of fused-ring (bicyclic) bond motifs is 1. The van der Waals surface area contributed by atoms with Crippen molar-refractivity contribution in [2.45, 2.75) is 19.4 Å². The smallest absolute Gasteiger partial charge is 0.253 e. The first kappa shape index (κ1) is 14.3. The van der Waals surface area contributed by atoms with Gasteiger partial charge in [-0.15, -0.1) is 0 Å². The van der Waals surface area contributed by atoms with E-state index in [1.54, 1.807) is 7.11 Å². The highest BCUT2D eigenvalue weighted by Crippen LogP contribution is 2.26. The molecular formula is C15H19N3O2S. The molecule has 3 rings (SSSR count). The summed E-state index contributed by atoms with van der Waals surface area (Å²) in [5.74, 6) is 0.542. The van der Waals surface area contributed by atoms with Crippen LogP contribution < -0.4 is 5.73 Å². The second-order valence-corrected chi connectivity index (χ2v) is 6.59. The summed E-state index contributed by atoms with van der Waals surface area (Å²) >= 11 is 1.41. The minimum atomic E-state index is 0.0535. The molecule has 0 saturated carbocycles. The van der Waals surface area contributed by atoms with Crippen LogP contribution in [0.3, 0.4) is 0 Å². The lowest BCUT2D eigenvalue weighted by Gasteiger charge is -2.36. The van der Waals surface area contributed by atoms with E-state index in [4.69, 9.17) is 10.5 Å². The summed E-state index contributed by atoms with van der Waals surface area (Å²) in [6, 6.07) is 5.56. The van der Waals surface area contributed by atoms with Gasteiger partial charge >= 0.3 is 0 Å². The first-order chi connectivity index (χ1) is 10.1. The van der Waals surface area contributed by atoms with Gasteiger partial charge in [0.1, 0.15) is 0 Å². The van der Waals surface area contributed by atoms with Gasteiger partial charge in [0.05, 0.1) is 16.3 Å². The Morgan fingerprint density at radius 1 is 1.52 bits per heavy atom. The molecule has 0 aliphatic carbocycles. The van der Waals surface area contributed by atoms with Crippen LogP contribution in [0.4, 0.5) is 5.13 Å². The number of thiazole rings is 1. The summed E-state index contributed by atoms with van der Waals surface area (Å²) in [6.45, 7) is 3.60. The summed E-state index contributed by atoms with van der Waals surface area (Å²) < 4.78 is 6.43. The molecule has 1 aromatic carbocycles. The zero-order valence-corrected chi connectivity index (χ0v) is 13.0. The Morgan fingerprint density at radius 2 is 2.33 bits per heavy atom. The predicted molar refractivity (Wildman–Crippen MR) is 84.5 cm³/mol. The first-order valence-electron chi connectivity index (χ1n) is 7.06. The van der Waals surface area contributed by atoms with Crippen molar-refractivity contribution in [1.82, 2.24) is 9.88 Å². The number of nitrogen functional groups attached to an aromatic ring is 1. The number of ether oxygens (including phenoxy) is 1. The monoisotopic (exact) mass is 305 g/mol. The fourth-order valence-electron chi connectivity index (χ4n) is 2.78. The van der Waals surface area contributed by atoms with Crippen LogP contribution >= 0.6 is 11.3 Å². The van der Waals surface area contributed by atoms with Gasteiger partial charge in [0.25, 0.3) is 5.91 Å². The van der Waals surface area contributed by atoms with E-state index in [1.165, 1.54) is 11.3 Å². The highest BCUT2D eigenvalue weighted by atomic mass is 32.1. The molecule has 1 aliphatic rings. The first-order valence-corrected chi connectivity index (χ1v) is 7.88. The van der Waals surface area contributed by atoms with Crippen molar-refractivity contribution in [2.75, 3.05) is 25.9 Å².